The summed E-state index contributed by atoms with van der Waals surface area (Å²) in [4.78, 5) is 26.5. The molecule has 136 valence electrons. The molecule has 0 spiro atoms. The molecule has 1 aliphatic carbocycles. The summed E-state index contributed by atoms with van der Waals surface area (Å²) in [6, 6.07) is 9.33. The largest absolute Gasteiger partial charge is 0.492 e. The molecule has 1 aromatic rings. The van der Waals surface area contributed by atoms with E-state index in [0.29, 0.717) is 13.2 Å². The van der Waals surface area contributed by atoms with Crippen molar-refractivity contribution in [2.75, 3.05) is 19.8 Å². The fourth-order valence-corrected chi connectivity index (χ4v) is 4.92. The number of hydrogen-bond acceptors (Lipinski definition) is 5. The molecule has 2 aliphatic heterocycles. The van der Waals surface area contributed by atoms with Gasteiger partial charge in [0.05, 0.1) is 10.9 Å². The van der Waals surface area contributed by atoms with E-state index in [0.717, 1.165) is 31.4 Å². The molecule has 1 amide bonds. The number of Topliss-reactive ketones (excluding diaryl/α,β-unsaturated/α-hetero) is 1. The van der Waals surface area contributed by atoms with Gasteiger partial charge < -0.3 is 14.4 Å². The highest BCUT2D eigenvalue weighted by molar-refractivity contribution is 8.14. The zero-order valence-electron chi connectivity index (χ0n) is 14.0. The number of fused-ring (bicyclic) bond motifs is 1. The monoisotopic (exact) mass is 381 g/mol. The van der Waals surface area contributed by atoms with Gasteiger partial charge in [0.25, 0.3) is 5.24 Å². The first kappa shape index (κ1) is 18.6. The average Bonchev–Trinajstić information content (AvgIpc) is 3.14. The van der Waals surface area contributed by atoms with Crippen LogP contribution in [0.3, 0.4) is 0 Å². The van der Waals surface area contributed by atoms with E-state index in [1.54, 1.807) is 4.90 Å². The predicted molar refractivity (Wildman–Crippen MR) is 102 cm³/mol. The lowest BCUT2D eigenvalue weighted by atomic mass is 9.85. The van der Waals surface area contributed by atoms with E-state index in [9.17, 15) is 9.59 Å². The molecule has 5 nitrogen and oxygen atoms in total. The fourth-order valence-electron chi connectivity index (χ4n) is 3.62. The summed E-state index contributed by atoms with van der Waals surface area (Å²) in [5, 5.41) is -0.00212. The number of ketones is 1. The van der Waals surface area contributed by atoms with Gasteiger partial charge in [0.2, 0.25) is 0 Å². The molecule has 2 atom stereocenters. The average molecular weight is 382 g/mol. The van der Waals surface area contributed by atoms with Crippen molar-refractivity contribution < 1.29 is 19.1 Å². The van der Waals surface area contributed by atoms with Crippen molar-refractivity contribution in [1.29, 1.82) is 0 Å². The van der Waals surface area contributed by atoms with Crippen LogP contribution in [0.5, 0.6) is 5.75 Å². The molecule has 3 fully saturated rings. The highest BCUT2D eigenvalue weighted by Gasteiger charge is 2.49. The fraction of sp³-hybridized carbons (Fsp3) is 0.556. The summed E-state index contributed by atoms with van der Waals surface area (Å²) in [6.45, 7) is 1.29. The number of carbonyl (C=O) groups is 2. The summed E-state index contributed by atoms with van der Waals surface area (Å²) < 4.78 is 11.2. The maximum atomic E-state index is 12.8. The quantitative estimate of drug-likeness (QED) is 0.802. The number of thioether (sulfide) groups is 1. The maximum absolute atomic E-state index is 12.8. The van der Waals surface area contributed by atoms with Gasteiger partial charge in [-0.2, -0.15) is 13.5 Å². The van der Waals surface area contributed by atoms with Crippen LogP contribution in [0, 0.1) is 0 Å². The Bertz CT molecular complexity index is 635. The molecule has 1 saturated carbocycles. The number of benzene rings is 1. The molecular formula is C18H23NO4S2. The summed E-state index contributed by atoms with van der Waals surface area (Å²) in [6.07, 6.45) is 3.73. The van der Waals surface area contributed by atoms with Crippen LogP contribution < -0.4 is 4.74 Å². The molecule has 2 heterocycles. The van der Waals surface area contributed by atoms with Crippen LogP contribution in [0.15, 0.2) is 30.3 Å². The topological polar surface area (TPSA) is 55.8 Å². The van der Waals surface area contributed by atoms with Crippen molar-refractivity contribution in [3.05, 3.63) is 30.3 Å². The molecule has 7 heteroatoms. The van der Waals surface area contributed by atoms with Gasteiger partial charge in [0, 0.05) is 6.54 Å². The highest BCUT2D eigenvalue weighted by Crippen LogP contribution is 2.46. The Kier molecular flexibility index (Phi) is 5.65. The van der Waals surface area contributed by atoms with Crippen molar-refractivity contribution >= 4 is 36.3 Å². The van der Waals surface area contributed by atoms with Crippen molar-refractivity contribution in [2.24, 2.45) is 0 Å². The highest BCUT2D eigenvalue weighted by atomic mass is 32.2. The van der Waals surface area contributed by atoms with Crippen LogP contribution in [0.25, 0.3) is 0 Å². The second kappa shape index (κ2) is 7.60. The van der Waals surface area contributed by atoms with Gasteiger partial charge in [-0.3, -0.25) is 9.59 Å². The standard InChI is InChI=1S/C18H21NO4S.H2S/c20-14-11-22-15-7-10-19(16(14)15)17(21)24-18(8-4-9-18)12-23-13-5-2-1-3-6-13;/h1-3,5-6,15-16H,4,7-12H2;1H2/t15-,16-;/m1./s1. The summed E-state index contributed by atoms with van der Waals surface area (Å²) >= 11 is 1.36. The van der Waals surface area contributed by atoms with Crippen LogP contribution in [0.2, 0.25) is 0 Å². The first-order valence-electron chi connectivity index (χ1n) is 8.49. The smallest absolute Gasteiger partial charge is 0.283 e. The minimum absolute atomic E-state index is 0. The molecular weight excluding hydrogens is 358 g/mol. The Morgan fingerprint density at radius 3 is 2.76 bits per heavy atom. The van der Waals surface area contributed by atoms with E-state index >= 15 is 0 Å². The Hall–Kier alpha value is -1.18. The van der Waals surface area contributed by atoms with Gasteiger partial charge in [-0.05, 0) is 31.4 Å². The summed E-state index contributed by atoms with van der Waals surface area (Å²) in [5.74, 6) is 0.868. The van der Waals surface area contributed by atoms with Gasteiger partial charge in [0.15, 0.2) is 5.78 Å². The van der Waals surface area contributed by atoms with Crippen molar-refractivity contribution in [3.8, 4) is 5.75 Å². The molecule has 4 rings (SSSR count). The Morgan fingerprint density at radius 2 is 2.08 bits per heavy atom. The molecule has 1 aromatic carbocycles. The number of rotatable bonds is 4. The van der Waals surface area contributed by atoms with Crippen LogP contribution in [-0.2, 0) is 9.53 Å². The van der Waals surface area contributed by atoms with E-state index in [1.165, 1.54) is 11.8 Å². The van der Waals surface area contributed by atoms with E-state index in [2.05, 4.69) is 0 Å². The number of carbonyl (C=O) groups excluding carboxylic acids is 2. The van der Waals surface area contributed by atoms with E-state index in [4.69, 9.17) is 9.47 Å². The number of para-hydroxylation sites is 1. The van der Waals surface area contributed by atoms with Gasteiger partial charge in [0.1, 0.15) is 25.0 Å². The van der Waals surface area contributed by atoms with Gasteiger partial charge in [-0.25, -0.2) is 0 Å². The van der Waals surface area contributed by atoms with Gasteiger partial charge in [-0.1, -0.05) is 36.4 Å². The van der Waals surface area contributed by atoms with Crippen molar-refractivity contribution in [1.82, 2.24) is 4.90 Å². The zero-order chi connectivity index (χ0) is 16.6. The van der Waals surface area contributed by atoms with Gasteiger partial charge >= 0.3 is 0 Å². The minimum Gasteiger partial charge on any atom is -0.492 e. The first-order valence-corrected chi connectivity index (χ1v) is 9.30. The Morgan fingerprint density at radius 1 is 1.32 bits per heavy atom. The van der Waals surface area contributed by atoms with Gasteiger partial charge in [-0.15, -0.1) is 0 Å². The molecule has 25 heavy (non-hydrogen) atoms. The normalized spacial score (nSPS) is 26.6. The summed E-state index contributed by atoms with van der Waals surface area (Å²) in [7, 11) is 0. The second-order valence-corrected chi connectivity index (χ2v) is 8.17. The third kappa shape index (κ3) is 3.68. The molecule has 0 unspecified atom stereocenters. The molecule has 0 bridgehead atoms. The Labute approximate surface area is 158 Å². The molecule has 0 radical (unpaired) electrons. The van der Waals surface area contributed by atoms with Crippen LogP contribution in [0.4, 0.5) is 4.79 Å². The van der Waals surface area contributed by atoms with Crippen molar-refractivity contribution in [3.63, 3.8) is 0 Å². The van der Waals surface area contributed by atoms with Crippen LogP contribution in [-0.4, -0.2) is 52.6 Å². The third-order valence-corrected chi connectivity index (χ3v) is 6.53. The van der Waals surface area contributed by atoms with Crippen LogP contribution in [0.1, 0.15) is 25.7 Å². The second-order valence-electron chi connectivity index (χ2n) is 6.75. The minimum atomic E-state index is -0.364. The van der Waals surface area contributed by atoms with Crippen LogP contribution >= 0.6 is 25.3 Å². The number of ether oxygens (including phenoxy) is 2. The SMILES string of the molecule is O=C1CO[C@@H]2CCN(C(=O)SC3(COc4ccccc4)CCC3)[C@H]12.S. The molecule has 3 aliphatic rings. The lowest BCUT2D eigenvalue weighted by Gasteiger charge is -2.41. The lowest BCUT2D eigenvalue weighted by molar-refractivity contribution is -0.120. The Balaban J connectivity index is 0.00000182. The number of likely N-dealkylation sites (tertiary alicyclic amines) is 1. The van der Waals surface area contributed by atoms with Crippen molar-refractivity contribution in [2.45, 2.75) is 42.6 Å². The lowest BCUT2D eigenvalue weighted by Crippen LogP contribution is -2.46. The van der Waals surface area contributed by atoms with E-state index in [1.807, 2.05) is 30.3 Å². The molecule has 0 N–H and O–H groups in total. The third-order valence-electron chi connectivity index (χ3n) is 5.16. The zero-order valence-corrected chi connectivity index (χ0v) is 15.8. The first-order chi connectivity index (χ1) is 11.7. The number of hydrogen-bond donors (Lipinski definition) is 0. The molecule has 0 aromatic heterocycles. The molecule has 2 saturated heterocycles. The predicted octanol–water partition coefficient (Wildman–Crippen LogP) is 3.00. The number of amides is 1. The van der Waals surface area contributed by atoms with E-state index < -0.39 is 0 Å². The maximum Gasteiger partial charge on any atom is 0.283 e. The number of nitrogens with zero attached hydrogens (tertiary/aromatic N) is 1. The van der Waals surface area contributed by atoms with E-state index in [-0.39, 0.29) is 48.0 Å². The summed E-state index contributed by atoms with van der Waals surface area (Å²) in [5.41, 5.74) is 0.